The molecule has 0 fully saturated rings. The fourth-order valence-electron chi connectivity index (χ4n) is 1.79. The number of nitrogens with zero attached hydrogens (tertiary/aromatic N) is 1. The van der Waals surface area contributed by atoms with Gasteiger partial charge in [-0.15, -0.1) is 0 Å². The van der Waals surface area contributed by atoms with Gasteiger partial charge in [0, 0.05) is 0 Å². The first-order valence-electron chi connectivity index (χ1n) is 6.28. The Labute approximate surface area is 122 Å². The van der Waals surface area contributed by atoms with Crippen LogP contribution in [0.2, 0.25) is 0 Å². The second kappa shape index (κ2) is 6.57. The molecule has 1 aromatic heterocycles. The third kappa shape index (κ3) is 3.96. The van der Waals surface area contributed by atoms with Gasteiger partial charge in [-0.1, -0.05) is 12.1 Å². The largest absolute Gasteiger partial charge is 0.492 e. The van der Waals surface area contributed by atoms with E-state index in [1.807, 2.05) is 37.3 Å². The van der Waals surface area contributed by atoms with Crippen LogP contribution in [0, 0.1) is 6.92 Å². The van der Waals surface area contributed by atoms with E-state index in [9.17, 15) is 0 Å². The number of hydrogen-bond donors (Lipinski definition) is 1. The molecule has 2 aromatic rings. The van der Waals surface area contributed by atoms with Crippen molar-refractivity contribution in [3.05, 3.63) is 52.3 Å². The number of nitrogens with one attached hydrogen (secondary N) is 1. The van der Waals surface area contributed by atoms with E-state index in [0.717, 1.165) is 21.7 Å². The van der Waals surface area contributed by atoms with E-state index >= 15 is 0 Å². The van der Waals surface area contributed by atoms with Gasteiger partial charge in [0.2, 0.25) is 0 Å². The highest BCUT2D eigenvalue weighted by Crippen LogP contribution is 2.26. The molecule has 0 aliphatic heterocycles. The van der Waals surface area contributed by atoms with E-state index in [1.54, 1.807) is 0 Å². The number of hydrogen-bond acceptors (Lipinski definition) is 3. The molecule has 0 aliphatic carbocycles. The number of aryl methyl sites for hydroxylation is 1. The van der Waals surface area contributed by atoms with Crippen molar-refractivity contribution in [3.8, 4) is 5.75 Å². The lowest BCUT2D eigenvalue weighted by molar-refractivity contribution is 0.341. The van der Waals surface area contributed by atoms with Crippen LogP contribution in [-0.2, 0) is 6.54 Å². The number of pyridine rings is 1. The second-order valence-electron chi connectivity index (χ2n) is 4.24. The lowest BCUT2D eigenvalue weighted by atomic mass is 10.2. The Morgan fingerprint density at radius 1 is 1.26 bits per heavy atom. The third-order valence-electron chi connectivity index (χ3n) is 2.67. The fraction of sp³-hybridized carbons (Fsp3) is 0.267. The Hall–Kier alpha value is -1.55. The molecule has 2 rings (SSSR count). The van der Waals surface area contributed by atoms with Crippen molar-refractivity contribution in [1.82, 2.24) is 4.98 Å². The zero-order valence-electron chi connectivity index (χ0n) is 11.1. The zero-order chi connectivity index (χ0) is 13.7. The van der Waals surface area contributed by atoms with Gasteiger partial charge < -0.3 is 10.1 Å². The summed E-state index contributed by atoms with van der Waals surface area (Å²) in [5.41, 5.74) is 3.17. The topological polar surface area (TPSA) is 34.1 Å². The van der Waals surface area contributed by atoms with Gasteiger partial charge in [0.25, 0.3) is 0 Å². The molecule has 1 heterocycles. The van der Waals surface area contributed by atoms with Gasteiger partial charge >= 0.3 is 0 Å². The summed E-state index contributed by atoms with van der Waals surface area (Å²) in [5.74, 6) is 0.887. The maximum atomic E-state index is 5.64. The average Bonchev–Trinajstić information content (AvgIpc) is 2.38. The summed E-state index contributed by atoms with van der Waals surface area (Å²) in [4.78, 5) is 4.39. The van der Waals surface area contributed by atoms with Crippen molar-refractivity contribution >= 4 is 21.6 Å². The Morgan fingerprint density at radius 3 is 2.84 bits per heavy atom. The predicted octanol–water partition coefficient (Wildman–Crippen LogP) is 4.16. The van der Waals surface area contributed by atoms with Crippen LogP contribution in [0.3, 0.4) is 0 Å². The molecule has 0 aliphatic rings. The Balaban J connectivity index is 2.10. The van der Waals surface area contributed by atoms with Crippen molar-refractivity contribution in [1.29, 1.82) is 0 Å². The molecule has 0 spiro atoms. The van der Waals surface area contributed by atoms with E-state index in [-0.39, 0.29) is 0 Å². The molecule has 0 amide bonds. The van der Waals surface area contributed by atoms with Gasteiger partial charge in [0.05, 0.1) is 24.5 Å². The molecule has 0 atom stereocenters. The van der Waals surface area contributed by atoms with Crippen LogP contribution >= 0.6 is 15.9 Å². The fourth-order valence-corrected chi connectivity index (χ4v) is 2.17. The van der Waals surface area contributed by atoms with Crippen LogP contribution in [0.4, 0.5) is 5.69 Å². The van der Waals surface area contributed by atoms with Gasteiger partial charge in [0.15, 0.2) is 0 Å². The molecule has 3 nitrogen and oxygen atoms in total. The molecule has 0 unspecified atom stereocenters. The summed E-state index contributed by atoms with van der Waals surface area (Å²) in [5, 5.41) is 3.36. The maximum absolute atomic E-state index is 5.64. The number of anilines is 1. The van der Waals surface area contributed by atoms with Crippen molar-refractivity contribution in [2.75, 3.05) is 11.9 Å². The highest BCUT2D eigenvalue weighted by molar-refractivity contribution is 9.10. The summed E-state index contributed by atoms with van der Waals surface area (Å²) in [7, 11) is 0. The number of halogens is 1. The summed E-state index contributed by atoms with van der Waals surface area (Å²) in [6.45, 7) is 5.37. The van der Waals surface area contributed by atoms with Crippen LogP contribution in [0.25, 0.3) is 0 Å². The standard InChI is InChI=1S/C15H17BrN2O/c1-3-19-14-9-11(2)7-8-13(14)17-10-12-5-4-6-15(16)18-12/h4-9,17H,3,10H2,1-2H3. The van der Waals surface area contributed by atoms with Crippen LogP contribution < -0.4 is 10.1 Å². The van der Waals surface area contributed by atoms with E-state index in [1.165, 1.54) is 5.56 Å². The highest BCUT2D eigenvalue weighted by atomic mass is 79.9. The molecule has 4 heteroatoms. The number of benzene rings is 1. The molecule has 0 saturated carbocycles. The van der Waals surface area contributed by atoms with Gasteiger partial charge in [-0.05, 0) is 59.6 Å². The van der Waals surface area contributed by atoms with Gasteiger partial charge in [0.1, 0.15) is 10.4 Å². The molecule has 0 bridgehead atoms. The van der Waals surface area contributed by atoms with Crippen molar-refractivity contribution in [3.63, 3.8) is 0 Å². The van der Waals surface area contributed by atoms with E-state index in [2.05, 4.69) is 39.2 Å². The maximum Gasteiger partial charge on any atom is 0.142 e. The zero-order valence-corrected chi connectivity index (χ0v) is 12.7. The molecule has 0 radical (unpaired) electrons. The highest BCUT2D eigenvalue weighted by Gasteiger charge is 2.04. The minimum absolute atomic E-state index is 0.660. The SMILES string of the molecule is CCOc1cc(C)ccc1NCc1cccc(Br)n1. The van der Waals surface area contributed by atoms with E-state index < -0.39 is 0 Å². The van der Waals surface area contributed by atoms with Crippen molar-refractivity contribution in [2.45, 2.75) is 20.4 Å². The van der Waals surface area contributed by atoms with Crippen LogP contribution in [-0.4, -0.2) is 11.6 Å². The summed E-state index contributed by atoms with van der Waals surface area (Å²) >= 11 is 3.37. The lowest BCUT2D eigenvalue weighted by Crippen LogP contribution is -2.04. The third-order valence-corrected chi connectivity index (χ3v) is 3.11. The first kappa shape index (κ1) is 13.9. The minimum Gasteiger partial charge on any atom is -0.492 e. The molecular formula is C15H17BrN2O. The van der Waals surface area contributed by atoms with E-state index in [4.69, 9.17) is 4.74 Å². The Morgan fingerprint density at radius 2 is 2.11 bits per heavy atom. The second-order valence-corrected chi connectivity index (χ2v) is 5.05. The average molecular weight is 321 g/mol. The number of rotatable bonds is 5. The predicted molar refractivity (Wildman–Crippen MR) is 81.6 cm³/mol. The molecule has 1 aromatic carbocycles. The van der Waals surface area contributed by atoms with Crippen molar-refractivity contribution < 1.29 is 4.74 Å². The van der Waals surface area contributed by atoms with Crippen LogP contribution in [0.15, 0.2) is 41.0 Å². The van der Waals surface area contributed by atoms with Crippen LogP contribution in [0.5, 0.6) is 5.75 Å². The Kier molecular flexibility index (Phi) is 4.80. The number of ether oxygens (including phenoxy) is 1. The van der Waals surface area contributed by atoms with Gasteiger partial charge in [-0.25, -0.2) is 4.98 Å². The van der Waals surface area contributed by atoms with Crippen LogP contribution in [0.1, 0.15) is 18.2 Å². The monoisotopic (exact) mass is 320 g/mol. The van der Waals surface area contributed by atoms with E-state index in [0.29, 0.717) is 13.2 Å². The number of aromatic nitrogens is 1. The molecule has 19 heavy (non-hydrogen) atoms. The summed E-state index contributed by atoms with van der Waals surface area (Å²) in [6, 6.07) is 12.0. The minimum atomic E-state index is 0.660. The molecule has 100 valence electrons. The smallest absolute Gasteiger partial charge is 0.142 e. The molecule has 1 N–H and O–H groups in total. The van der Waals surface area contributed by atoms with Gasteiger partial charge in [-0.3, -0.25) is 0 Å². The van der Waals surface area contributed by atoms with Crippen molar-refractivity contribution in [2.24, 2.45) is 0 Å². The quantitative estimate of drug-likeness (QED) is 0.840. The first-order valence-corrected chi connectivity index (χ1v) is 7.07. The normalized spacial score (nSPS) is 10.3. The molecule has 0 saturated heterocycles. The first-order chi connectivity index (χ1) is 9.19. The summed E-state index contributed by atoms with van der Waals surface area (Å²) in [6.07, 6.45) is 0. The Bertz CT molecular complexity index is 558. The van der Waals surface area contributed by atoms with Gasteiger partial charge in [-0.2, -0.15) is 0 Å². The summed E-state index contributed by atoms with van der Waals surface area (Å²) < 4.78 is 6.49. The molecular weight excluding hydrogens is 304 g/mol. The lowest BCUT2D eigenvalue weighted by Gasteiger charge is -2.13.